The number of aromatic nitrogens is 3. The van der Waals surface area contributed by atoms with Gasteiger partial charge < -0.3 is 10.0 Å². The Morgan fingerprint density at radius 1 is 1.14 bits per heavy atom. The van der Waals surface area contributed by atoms with Crippen molar-refractivity contribution < 1.29 is 14.8 Å². The van der Waals surface area contributed by atoms with Crippen LogP contribution in [0.5, 0.6) is 0 Å². The smallest absolute Gasteiger partial charge is 0.360 e. The maximum Gasteiger partial charge on any atom is 0.360 e. The maximum atomic E-state index is 11.7. The van der Waals surface area contributed by atoms with Gasteiger partial charge in [0, 0.05) is 31.1 Å². The summed E-state index contributed by atoms with van der Waals surface area (Å²) in [4.78, 5) is 25.2. The number of benzene rings is 2. The average Bonchev–Trinajstić information content (AvgIpc) is 3.36. The van der Waals surface area contributed by atoms with Crippen molar-refractivity contribution in [2.24, 2.45) is 0 Å². The van der Waals surface area contributed by atoms with Crippen LogP contribution in [0.3, 0.4) is 0 Å². The lowest BCUT2D eigenvalue weighted by atomic mass is 9.99. The third-order valence-corrected chi connectivity index (χ3v) is 4.83. The molecule has 2 heterocycles. The predicted molar refractivity (Wildman–Crippen MR) is 101 cm³/mol. The molecular formula is C19H17N5O4. The SMILES string of the molecule is O=C(O)c1nn(-c2cccc([N+](=O)[O-])c2)nc1N1CC[C@@H](c2ccccc2)C1. The summed E-state index contributed by atoms with van der Waals surface area (Å²) in [7, 11) is 0. The molecule has 28 heavy (non-hydrogen) atoms. The van der Waals surface area contributed by atoms with E-state index >= 15 is 0 Å². The zero-order chi connectivity index (χ0) is 19.7. The molecule has 0 aliphatic carbocycles. The number of nitrogens with zero attached hydrogens (tertiary/aromatic N) is 5. The van der Waals surface area contributed by atoms with Crippen LogP contribution in [-0.4, -0.2) is 44.1 Å². The normalized spacial score (nSPS) is 16.3. The van der Waals surface area contributed by atoms with E-state index in [4.69, 9.17) is 0 Å². The van der Waals surface area contributed by atoms with Crippen LogP contribution < -0.4 is 4.90 Å². The molecule has 2 aromatic carbocycles. The number of anilines is 1. The predicted octanol–water partition coefficient (Wildman–Crippen LogP) is 2.87. The van der Waals surface area contributed by atoms with E-state index in [0.717, 1.165) is 11.2 Å². The molecule has 1 aromatic heterocycles. The van der Waals surface area contributed by atoms with Crippen molar-refractivity contribution in [1.82, 2.24) is 15.0 Å². The monoisotopic (exact) mass is 379 g/mol. The molecule has 1 saturated heterocycles. The van der Waals surface area contributed by atoms with Crippen LogP contribution in [0.25, 0.3) is 5.69 Å². The highest BCUT2D eigenvalue weighted by Crippen LogP contribution is 2.31. The van der Waals surface area contributed by atoms with Crippen LogP contribution in [0.4, 0.5) is 11.5 Å². The van der Waals surface area contributed by atoms with Crippen molar-refractivity contribution in [2.75, 3.05) is 18.0 Å². The Hall–Kier alpha value is -3.75. The number of carboxylic acid groups (broad SMARTS) is 1. The number of carbonyl (C=O) groups is 1. The van der Waals surface area contributed by atoms with Crippen molar-refractivity contribution in [3.8, 4) is 5.69 Å². The minimum Gasteiger partial charge on any atom is -0.476 e. The highest BCUT2D eigenvalue weighted by Gasteiger charge is 2.30. The van der Waals surface area contributed by atoms with E-state index in [9.17, 15) is 20.0 Å². The highest BCUT2D eigenvalue weighted by molar-refractivity contribution is 5.91. The van der Waals surface area contributed by atoms with Crippen molar-refractivity contribution in [3.63, 3.8) is 0 Å². The minimum atomic E-state index is -1.19. The number of hydrogen-bond donors (Lipinski definition) is 1. The van der Waals surface area contributed by atoms with Crippen LogP contribution in [-0.2, 0) is 0 Å². The largest absolute Gasteiger partial charge is 0.476 e. The number of rotatable bonds is 5. The molecule has 9 nitrogen and oxygen atoms in total. The summed E-state index contributed by atoms with van der Waals surface area (Å²) in [5.41, 5.74) is 1.26. The van der Waals surface area contributed by atoms with E-state index < -0.39 is 10.9 Å². The van der Waals surface area contributed by atoms with E-state index in [2.05, 4.69) is 22.3 Å². The molecule has 0 bridgehead atoms. The summed E-state index contributed by atoms with van der Waals surface area (Å²) in [5.74, 6) is -0.627. The summed E-state index contributed by atoms with van der Waals surface area (Å²) in [6.45, 7) is 1.30. The molecule has 1 aliphatic rings. The standard InChI is InChI=1S/C19H17N5O4/c25-19(26)17-18(22-10-9-14(12-22)13-5-2-1-3-6-13)21-23(20-17)15-7-4-8-16(11-15)24(27)28/h1-8,11,14H,9-10,12H2,(H,25,26)/t14-/m1/s1. The Bertz CT molecular complexity index is 1030. The fraction of sp³-hybridized carbons (Fsp3) is 0.211. The number of carboxylic acids is 1. The van der Waals surface area contributed by atoms with Crippen LogP contribution in [0, 0.1) is 10.1 Å². The van der Waals surface area contributed by atoms with Gasteiger partial charge in [-0.05, 0) is 18.1 Å². The van der Waals surface area contributed by atoms with Gasteiger partial charge in [-0.3, -0.25) is 10.1 Å². The maximum absolute atomic E-state index is 11.7. The Morgan fingerprint density at radius 3 is 2.64 bits per heavy atom. The molecular weight excluding hydrogens is 362 g/mol. The van der Waals surface area contributed by atoms with Gasteiger partial charge in [-0.1, -0.05) is 36.4 Å². The Kier molecular flexibility index (Phi) is 4.48. The van der Waals surface area contributed by atoms with Crippen molar-refractivity contribution in [1.29, 1.82) is 0 Å². The fourth-order valence-electron chi connectivity index (χ4n) is 3.45. The van der Waals surface area contributed by atoms with Gasteiger partial charge in [0.05, 0.1) is 10.6 Å². The molecule has 1 N–H and O–H groups in total. The lowest BCUT2D eigenvalue weighted by molar-refractivity contribution is -0.384. The Morgan fingerprint density at radius 2 is 1.93 bits per heavy atom. The number of non-ortho nitro benzene ring substituents is 1. The molecule has 0 spiro atoms. The summed E-state index contributed by atoms with van der Waals surface area (Å²) >= 11 is 0. The van der Waals surface area contributed by atoms with Gasteiger partial charge in [-0.2, -0.15) is 0 Å². The first kappa shape index (κ1) is 17.7. The summed E-state index contributed by atoms with van der Waals surface area (Å²) in [5, 5.41) is 29.0. The van der Waals surface area contributed by atoms with Gasteiger partial charge in [-0.15, -0.1) is 15.0 Å². The first-order valence-corrected chi connectivity index (χ1v) is 8.78. The fourth-order valence-corrected chi connectivity index (χ4v) is 3.45. The topological polar surface area (TPSA) is 114 Å². The molecule has 0 saturated carbocycles. The second kappa shape index (κ2) is 7.10. The third kappa shape index (κ3) is 3.29. The lowest BCUT2D eigenvalue weighted by Gasteiger charge is -2.16. The van der Waals surface area contributed by atoms with Gasteiger partial charge in [0.1, 0.15) is 0 Å². The zero-order valence-corrected chi connectivity index (χ0v) is 14.8. The van der Waals surface area contributed by atoms with Gasteiger partial charge in [0.15, 0.2) is 5.82 Å². The number of aromatic carboxylic acids is 1. The minimum absolute atomic E-state index is 0.112. The molecule has 3 aromatic rings. The average molecular weight is 379 g/mol. The Balaban J connectivity index is 1.66. The second-order valence-corrected chi connectivity index (χ2v) is 6.59. The van der Waals surface area contributed by atoms with Crippen molar-refractivity contribution >= 4 is 17.5 Å². The lowest BCUT2D eigenvalue weighted by Crippen LogP contribution is -2.22. The number of nitro groups is 1. The highest BCUT2D eigenvalue weighted by atomic mass is 16.6. The molecule has 9 heteroatoms. The van der Waals surface area contributed by atoms with E-state index in [1.54, 1.807) is 6.07 Å². The van der Waals surface area contributed by atoms with E-state index in [1.807, 2.05) is 23.1 Å². The van der Waals surface area contributed by atoms with Crippen molar-refractivity contribution in [2.45, 2.75) is 12.3 Å². The van der Waals surface area contributed by atoms with Crippen LogP contribution in [0.15, 0.2) is 54.6 Å². The van der Waals surface area contributed by atoms with Crippen LogP contribution in [0.2, 0.25) is 0 Å². The first-order chi connectivity index (χ1) is 13.5. The zero-order valence-electron chi connectivity index (χ0n) is 14.8. The Labute approximate surface area is 160 Å². The molecule has 142 valence electrons. The molecule has 0 amide bonds. The third-order valence-electron chi connectivity index (χ3n) is 4.83. The van der Waals surface area contributed by atoms with E-state index in [-0.39, 0.29) is 23.1 Å². The molecule has 1 fully saturated rings. The number of nitro benzene ring substituents is 1. The van der Waals surface area contributed by atoms with Crippen LogP contribution >= 0.6 is 0 Å². The quantitative estimate of drug-likeness (QED) is 0.535. The van der Waals surface area contributed by atoms with E-state index in [0.29, 0.717) is 18.8 Å². The van der Waals surface area contributed by atoms with Gasteiger partial charge in [0.2, 0.25) is 5.69 Å². The molecule has 0 unspecified atom stereocenters. The molecule has 0 radical (unpaired) electrons. The molecule has 4 rings (SSSR count). The second-order valence-electron chi connectivity index (χ2n) is 6.59. The number of hydrogen-bond acceptors (Lipinski definition) is 6. The molecule has 1 atom stereocenters. The van der Waals surface area contributed by atoms with Gasteiger partial charge in [0.25, 0.3) is 5.69 Å². The summed E-state index contributed by atoms with van der Waals surface area (Å²) < 4.78 is 0. The van der Waals surface area contributed by atoms with Gasteiger partial charge >= 0.3 is 5.97 Å². The first-order valence-electron chi connectivity index (χ1n) is 8.78. The van der Waals surface area contributed by atoms with Gasteiger partial charge in [-0.25, -0.2) is 4.79 Å². The van der Waals surface area contributed by atoms with Crippen molar-refractivity contribution in [3.05, 3.63) is 76.0 Å². The molecule has 1 aliphatic heterocycles. The summed E-state index contributed by atoms with van der Waals surface area (Å²) in [6, 6.07) is 15.8. The van der Waals surface area contributed by atoms with Crippen LogP contribution in [0.1, 0.15) is 28.4 Å². The van der Waals surface area contributed by atoms with E-state index in [1.165, 1.54) is 23.8 Å². The summed E-state index contributed by atoms with van der Waals surface area (Å²) in [6.07, 6.45) is 0.882.